The first kappa shape index (κ1) is 24.8. The summed E-state index contributed by atoms with van der Waals surface area (Å²) in [6.07, 6.45) is 7.07. The van der Waals surface area contributed by atoms with Gasteiger partial charge in [-0.3, -0.25) is 19.9 Å². The molecular formula is C20H16Cl2N4Zn. The largest absolute Gasteiger partial charge is 2.00 e. The first-order valence-corrected chi connectivity index (χ1v) is 7.58. The van der Waals surface area contributed by atoms with Gasteiger partial charge in [0.05, 0.1) is 22.8 Å². The zero-order valence-electron chi connectivity index (χ0n) is 14.5. The van der Waals surface area contributed by atoms with E-state index in [0.717, 1.165) is 22.8 Å². The normalized spacial score (nSPS) is 8.59. The summed E-state index contributed by atoms with van der Waals surface area (Å²) >= 11 is 0. The molecule has 27 heavy (non-hydrogen) atoms. The average Bonchev–Trinajstić information content (AvgIpc) is 2.71. The van der Waals surface area contributed by atoms with Crippen LogP contribution in [0.1, 0.15) is 0 Å². The quantitative estimate of drug-likeness (QED) is 0.343. The molecule has 0 spiro atoms. The minimum absolute atomic E-state index is 0. The van der Waals surface area contributed by atoms with Crippen molar-refractivity contribution in [2.45, 2.75) is 0 Å². The molecule has 132 valence electrons. The maximum absolute atomic E-state index is 4.19. The van der Waals surface area contributed by atoms with Crippen molar-refractivity contribution in [2.24, 2.45) is 0 Å². The second kappa shape index (κ2) is 13.9. The molecule has 0 saturated heterocycles. The Balaban J connectivity index is 0.000000451. The second-order valence-electron chi connectivity index (χ2n) is 4.86. The van der Waals surface area contributed by atoms with Crippen molar-refractivity contribution in [1.29, 1.82) is 0 Å². The minimum atomic E-state index is 0. The van der Waals surface area contributed by atoms with Crippen LogP contribution in [0.2, 0.25) is 0 Å². The molecule has 0 radical (unpaired) electrons. The van der Waals surface area contributed by atoms with Gasteiger partial charge in [-0.25, -0.2) is 0 Å². The van der Waals surface area contributed by atoms with Crippen LogP contribution < -0.4 is 24.8 Å². The molecule has 4 aromatic rings. The van der Waals surface area contributed by atoms with Crippen molar-refractivity contribution in [2.75, 3.05) is 0 Å². The van der Waals surface area contributed by atoms with Crippen LogP contribution in [-0.2, 0) is 19.5 Å². The maximum atomic E-state index is 4.19. The second-order valence-corrected chi connectivity index (χ2v) is 4.86. The van der Waals surface area contributed by atoms with Crippen LogP contribution in [0.3, 0.4) is 0 Å². The summed E-state index contributed by atoms with van der Waals surface area (Å²) in [5.41, 5.74) is 3.66. The Morgan fingerprint density at radius 2 is 0.593 bits per heavy atom. The fraction of sp³-hybridized carbons (Fsp3) is 0. The van der Waals surface area contributed by atoms with Crippen LogP contribution in [-0.4, -0.2) is 19.9 Å². The molecule has 0 aliphatic heterocycles. The van der Waals surface area contributed by atoms with Gasteiger partial charge in [0, 0.05) is 24.8 Å². The summed E-state index contributed by atoms with van der Waals surface area (Å²) < 4.78 is 0. The summed E-state index contributed by atoms with van der Waals surface area (Å²) in [6.45, 7) is 0. The van der Waals surface area contributed by atoms with E-state index in [-0.39, 0.29) is 44.3 Å². The molecule has 0 amide bonds. The summed E-state index contributed by atoms with van der Waals surface area (Å²) in [6, 6.07) is 23.2. The Hall–Kier alpha value is -2.20. The number of hydrogen-bond donors (Lipinski definition) is 0. The van der Waals surface area contributed by atoms with Crippen molar-refractivity contribution in [3.63, 3.8) is 0 Å². The minimum Gasteiger partial charge on any atom is -1.00 e. The van der Waals surface area contributed by atoms with Gasteiger partial charge < -0.3 is 24.8 Å². The Labute approximate surface area is 184 Å². The number of aromatic nitrogens is 4. The molecule has 4 heterocycles. The summed E-state index contributed by atoms with van der Waals surface area (Å²) in [7, 11) is 0. The van der Waals surface area contributed by atoms with Gasteiger partial charge >= 0.3 is 19.5 Å². The molecule has 0 fully saturated rings. The topological polar surface area (TPSA) is 51.6 Å². The zero-order chi connectivity index (χ0) is 16.5. The molecule has 7 heteroatoms. The van der Waals surface area contributed by atoms with Crippen molar-refractivity contribution in [3.8, 4) is 22.8 Å². The van der Waals surface area contributed by atoms with E-state index in [2.05, 4.69) is 19.9 Å². The van der Waals surface area contributed by atoms with Crippen LogP contribution in [0.15, 0.2) is 97.6 Å². The molecule has 0 aliphatic carbocycles. The third-order valence-electron chi connectivity index (χ3n) is 3.18. The van der Waals surface area contributed by atoms with E-state index in [9.17, 15) is 0 Å². The molecule has 0 N–H and O–H groups in total. The van der Waals surface area contributed by atoms with Crippen LogP contribution in [0.4, 0.5) is 0 Å². The molecule has 0 unspecified atom stereocenters. The third-order valence-corrected chi connectivity index (χ3v) is 3.18. The zero-order valence-corrected chi connectivity index (χ0v) is 19.0. The SMILES string of the molecule is [Cl-].[Cl-].[Zn+2].c1ccc(-c2ccccn2)nc1.c1ccc(-c2ccccn2)nc1. The molecule has 4 rings (SSSR count). The van der Waals surface area contributed by atoms with Crippen LogP contribution in [0, 0.1) is 0 Å². The number of rotatable bonds is 2. The smallest absolute Gasteiger partial charge is 1.00 e. The first-order valence-electron chi connectivity index (χ1n) is 7.58. The van der Waals surface area contributed by atoms with Gasteiger partial charge in [0.1, 0.15) is 0 Å². The van der Waals surface area contributed by atoms with Gasteiger partial charge in [0.2, 0.25) is 0 Å². The first-order chi connectivity index (χ1) is 11.9. The molecule has 0 atom stereocenters. The monoisotopic (exact) mass is 446 g/mol. The van der Waals surface area contributed by atoms with Crippen molar-refractivity contribution < 1.29 is 44.3 Å². The van der Waals surface area contributed by atoms with E-state index in [1.165, 1.54) is 0 Å². The van der Waals surface area contributed by atoms with Gasteiger partial charge in [0.15, 0.2) is 0 Å². The molecule has 4 aromatic heterocycles. The molecule has 4 nitrogen and oxygen atoms in total. The van der Waals surface area contributed by atoms with Crippen molar-refractivity contribution >= 4 is 0 Å². The predicted molar refractivity (Wildman–Crippen MR) is 94.9 cm³/mol. The number of pyridine rings is 4. The average molecular weight is 449 g/mol. The van der Waals surface area contributed by atoms with Gasteiger partial charge in [0.25, 0.3) is 0 Å². The molecular weight excluding hydrogens is 433 g/mol. The maximum Gasteiger partial charge on any atom is 2.00 e. The van der Waals surface area contributed by atoms with Gasteiger partial charge in [-0.2, -0.15) is 0 Å². The van der Waals surface area contributed by atoms with Crippen LogP contribution in [0.25, 0.3) is 22.8 Å². The van der Waals surface area contributed by atoms with Gasteiger partial charge in [-0.1, -0.05) is 24.3 Å². The van der Waals surface area contributed by atoms with Gasteiger partial charge in [-0.05, 0) is 48.5 Å². The fourth-order valence-corrected chi connectivity index (χ4v) is 2.06. The number of halogens is 2. The van der Waals surface area contributed by atoms with Crippen molar-refractivity contribution in [1.82, 2.24) is 19.9 Å². The van der Waals surface area contributed by atoms with E-state index in [0.29, 0.717) is 0 Å². The van der Waals surface area contributed by atoms with E-state index in [4.69, 9.17) is 0 Å². The van der Waals surface area contributed by atoms with E-state index >= 15 is 0 Å². The molecule has 0 aromatic carbocycles. The van der Waals surface area contributed by atoms with Crippen LogP contribution >= 0.6 is 0 Å². The van der Waals surface area contributed by atoms with E-state index in [1.54, 1.807) is 24.8 Å². The summed E-state index contributed by atoms with van der Waals surface area (Å²) in [5.74, 6) is 0. The molecule has 0 aliphatic rings. The fourth-order valence-electron chi connectivity index (χ4n) is 2.06. The van der Waals surface area contributed by atoms with Gasteiger partial charge in [-0.15, -0.1) is 0 Å². The Bertz CT molecular complexity index is 702. The summed E-state index contributed by atoms with van der Waals surface area (Å²) in [5, 5.41) is 0. The third kappa shape index (κ3) is 7.92. The van der Waals surface area contributed by atoms with Crippen LogP contribution in [0.5, 0.6) is 0 Å². The Morgan fingerprint density at radius 3 is 0.741 bits per heavy atom. The predicted octanol–water partition coefficient (Wildman–Crippen LogP) is -1.71. The van der Waals surface area contributed by atoms with E-state index < -0.39 is 0 Å². The van der Waals surface area contributed by atoms with Crippen molar-refractivity contribution in [3.05, 3.63) is 97.6 Å². The molecule has 0 saturated carbocycles. The number of hydrogen-bond acceptors (Lipinski definition) is 4. The standard InChI is InChI=1S/2C10H8N2.2ClH.Zn/c2*1-3-7-11-9(5-1)10-6-2-4-8-12-10;;;/h2*1-8H;2*1H;/q;;;;+2/p-2. The Kier molecular flexibility index (Phi) is 12.8. The summed E-state index contributed by atoms with van der Waals surface area (Å²) in [4.78, 5) is 16.7. The number of nitrogens with zero attached hydrogens (tertiary/aromatic N) is 4. The Morgan fingerprint density at radius 1 is 0.370 bits per heavy atom. The van der Waals surface area contributed by atoms with E-state index in [1.807, 2.05) is 72.8 Å². The molecule has 0 bridgehead atoms.